The average Bonchev–Trinajstić information content (AvgIpc) is 3.61. The van der Waals surface area contributed by atoms with Crippen LogP contribution in [0.5, 0.6) is 0 Å². The molecule has 0 heterocycles. The van der Waals surface area contributed by atoms with Crippen LogP contribution in [0.3, 0.4) is 0 Å². The Hall–Kier alpha value is -1.61. The Morgan fingerprint density at radius 1 is 1.23 bits per heavy atom. The summed E-state index contributed by atoms with van der Waals surface area (Å²) < 4.78 is 52.2. The van der Waals surface area contributed by atoms with E-state index in [-0.39, 0.29) is 30.8 Å². The molecule has 0 saturated heterocycles. The Balaban J connectivity index is 1.63. The number of rotatable bonds is 4. The largest absolute Gasteiger partial charge is 0.449 e. The van der Waals surface area contributed by atoms with Crippen LogP contribution in [-0.4, -0.2) is 51.5 Å². The van der Waals surface area contributed by atoms with Crippen LogP contribution in [0.1, 0.15) is 52.9 Å². The van der Waals surface area contributed by atoms with Crippen molar-refractivity contribution >= 4 is 28.6 Å². The molecule has 9 heteroatoms. The third-order valence-electron chi connectivity index (χ3n) is 9.83. The zero-order valence-electron chi connectivity index (χ0n) is 20.1. The van der Waals surface area contributed by atoms with E-state index in [1.54, 1.807) is 13.8 Å². The number of esters is 1. The van der Waals surface area contributed by atoms with Gasteiger partial charge in [0.2, 0.25) is 5.12 Å². The van der Waals surface area contributed by atoms with Gasteiger partial charge in [-0.15, -0.1) is 0 Å². The fraction of sp³-hybridized carbons (Fsp3) is 0.731. The number of fused-ring (bicyclic) bond motifs is 5. The normalized spacial score (nSPS) is 48.5. The summed E-state index contributed by atoms with van der Waals surface area (Å²) >= 11 is 0.417. The van der Waals surface area contributed by atoms with Crippen LogP contribution < -0.4 is 0 Å². The first-order valence-electron chi connectivity index (χ1n) is 12.3. The van der Waals surface area contributed by atoms with E-state index in [0.29, 0.717) is 24.6 Å². The molecule has 0 amide bonds. The van der Waals surface area contributed by atoms with E-state index in [2.05, 4.69) is 0 Å². The van der Waals surface area contributed by atoms with Gasteiger partial charge in [0.1, 0.15) is 12.2 Å². The molecule has 5 rings (SSSR count). The molecule has 5 aliphatic carbocycles. The number of hydrogen-bond donors (Lipinski definition) is 1. The topological polar surface area (TPSA) is 80.7 Å². The maximum absolute atomic E-state index is 17.3. The van der Waals surface area contributed by atoms with Gasteiger partial charge in [0.05, 0.1) is 12.0 Å². The number of carbonyl (C=O) groups is 3. The number of alkyl halides is 3. The molecule has 4 saturated carbocycles. The van der Waals surface area contributed by atoms with Crippen molar-refractivity contribution in [2.75, 3.05) is 6.01 Å². The molecule has 1 N–H and O–H groups in total. The number of ketones is 1. The highest BCUT2D eigenvalue weighted by molar-refractivity contribution is 8.13. The molecular formula is C26H31F3O5S. The molecule has 5 aliphatic rings. The summed E-state index contributed by atoms with van der Waals surface area (Å²) in [6.45, 7) is 4.94. The fourth-order valence-electron chi connectivity index (χ4n) is 7.94. The second-order valence-corrected chi connectivity index (χ2v) is 12.3. The van der Waals surface area contributed by atoms with Gasteiger partial charge in [-0.05, 0) is 74.4 Å². The molecule has 0 aromatic rings. The zero-order valence-corrected chi connectivity index (χ0v) is 20.9. The smallest absolute Gasteiger partial charge is 0.309 e. The van der Waals surface area contributed by atoms with Crippen molar-refractivity contribution in [3.05, 3.63) is 23.8 Å². The lowest BCUT2D eigenvalue weighted by Gasteiger charge is -2.63. The van der Waals surface area contributed by atoms with E-state index >= 15 is 8.78 Å². The van der Waals surface area contributed by atoms with Gasteiger partial charge in [0, 0.05) is 22.7 Å². The Morgan fingerprint density at radius 3 is 2.54 bits per heavy atom. The van der Waals surface area contributed by atoms with Gasteiger partial charge in [0.25, 0.3) is 0 Å². The molecular weight excluding hydrogens is 481 g/mol. The standard InChI is InChI=1S/C26H31F3O5S/c1-13-8-16-17-10-19(28)18-9-15(30)6-7-23(18,2)25(17,29)20(31)11-24(16,3)26(13,22(33)35-12-27)34-21(32)14-4-5-14/h6-7,9,13-14,16-17,19-20,31H,4-5,8,10-12H2,1-3H3/t13?,16-,17-,19?,20?,23-,24-,25?,26?/m0/s1. The first kappa shape index (κ1) is 25.1. The molecule has 0 aliphatic heterocycles. The van der Waals surface area contributed by atoms with E-state index in [1.165, 1.54) is 19.1 Å². The van der Waals surface area contributed by atoms with Crippen molar-refractivity contribution in [2.24, 2.45) is 34.5 Å². The van der Waals surface area contributed by atoms with Gasteiger partial charge in [-0.25, -0.2) is 13.2 Å². The highest BCUT2D eigenvalue weighted by Crippen LogP contribution is 2.72. The van der Waals surface area contributed by atoms with Gasteiger partial charge in [-0.2, -0.15) is 0 Å². The van der Waals surface area contributed by atoms with Crippen molar-refractivity contribution < 1.29 is 37.4 Å². The van der Waals surface area contributed by atoms with Gasteiger partial charge < -0.3 is 9.84 Å². The van der Waals surface area contributed by atoms with E-state index < -0.39 is 75.0 Å². The summed E-state index contributed by atoms with van der Waals surface area (Å²) in [5.74, 6) is -3.46. The zero-order chi connectivity index (χ0) is 25.6. The van der Waals surface area contributed by atoms with Crippen LogP contribution in [0.15, 0.2) is 23.8 Å². The number of aliphatic hydroxyl groups excluding tert-OH is 1. The van der Waals surface area contributed by atoms with Crippen LogP contribution in [0.25, 0.3) is 0 Å². The number of ether oxygens (including phenoxy) is 1. The Bertz CT molecular complexity index is 1040. The van der Waals surface area contributed by atoms with Crippen LogP contribution in [0.4, 0.5) is 13.2 Å². The molecule has 5 unspecified atom stereocenters. The Morgan fingerprint density at radius 2 is 1.91 bits per heavy atom. The highest BCUT2D eigenvalue weighted by atomic mass is 32.2. The quantitative estimate of drug-likeness (QED) is 0.562. The van der Waals surface area contributed by atoms with Gasteiger partial charge in [-0.3, -0.25) is 14.4 Å². The van der Waals surface area contributed by atoms with Crippen LogP contribution in [0, 0.1) is 34.5 Å². The van der Waals surface area contributed by atoms with Crippen molar-refractivity contribution in [3.8, 4) is 0 Å². The predicted molar refractivity (Wildman–Crippen MR) is 123 cm³/mol. The van der Waals surface area contributed by atoms with Crippen molar-refractivity contribution in [3.63, 3.8) is 0 Å². The van der Waals surface area contributed by atoms with Crippen molar-refractivity contribution in [2.45, 2.75) is 76.4 Å². The monoisotopic (exact) mass is 512 g/mol. The third kappa shape index (κ3) is 3.09. The second kappa shape index (κ2) is 7.94. The maximum Gasteiger partial charge on any atom is 0.309 e. The second-order valence-electron chi connectivity index (χ2n) is 11.5. The summed E-state index contributed by atoms with van der Waals surface area (Å²) in [5.41, 5.74) is -6.79. The van der Waals surface area contributed by atoms with Crippen LogP contribution >= 0.6 is 11.8 Å². The molecule has 0 bridgehead atoms. The first-order valence-corrected chi connectivity index (χ1v) is 13.3. The molecule has 35 heavy (non-hydrogen) atoms. The van der Waals surface area contributed by atoms with Gasteiger partial charge in [0.15, 0.2) is 17.1 Å². The Kier molecular flexibility index (Phi) is 5.69. The molecule has 4 fully saturated rings. The molecule has 9 atom stereocenters. The van der Waals surface area contributed by atoms with Crippen LogP contribution in [-0.2, 0) is 19.1 Å². The Labute approximate surface area is 206 Å². The van der Waals surface area contributed by atoms with Crippen molar-refractivity contribution in [1.29, 1.82) is 0 Å². The molecule has 0 spiro atoms. The maximum atomic E-state index is 17.3. The van der Waals surface area contributed by atoms with Crippen molar-refractivity contribution in [1.82, 2.24) is 0 Å². The number of thioether (sulfide) groups is 1. The average molecular weight is 513 g/mol. The molecule has 0 radical (unpaired) electrons. The summed E-state index contributed by atoms with van der Waals surface area (Å²) in [6.07, 6.45) is 1.55. The number of allylic oxidation sites excluding steroid dienone is 4. The lowest BCUT2D eigenvalue weighted by atomic mass is 9.44. The first-order chi connectivity index (χ1) is 16.4. The van der Waals surface area contributed by atoms with E-state index in [4.69, 9.17) is 4.74 Å². The van der Waals surface area contributed by atoms with E-state index in [1.807, 2.05) is 0 Å². The lowest BCUT2D eigenvalue weighted by Crippen LogP contribution is -2.70. The number of hydrogen-bond acceptors (Lipinski definition) is 6. The number of halogens is 3. The van der Waals surface area contributed by atoms with E-state index in [0.717, 1.165) is 6.08 Å². The third-order valence-corrected chi connectivity index (χ3v) is 10.5. The predicted octanol–water partition coefficient (Wildman–Crippen LogP) is 4.43. The minimum absolute atomic E-state index is 0.0212. The molecule has 5 nitrogen and oxygen atoms in total. The summed E-state index contributed by atoms with van der Waals surface area (Å²) in [4.78, 5) is 38.3. The SMILES string of the molecule is CC1C[C@H]2[C@@H]3CC(F)C4=CC(=O)C=C[C@]4(C)C3(F)C(O)C[C@]2(C)C1(OC(=O)C1CC1)C(=O)SCF. The lowest BCUT2D eigenvalue weighted by molar-refractivity contribution is -0.229. The number of carbonyl (C=O) groups excluding carboxylic acids is 3. The highest BCUT2D eigenvalue weighted by Gasteiger charge is 2.78. The minimum atomic E-state index is -2.30. The molecule has 0 aromatic heterocycles. The number of aliphatic hydroxyl groups is 1. The molecule has 192 valence electrons. The molecule has 0 aromatic carbocycles. The fourth-order valence-corrected chi connectivity index (χ4v) is 8.73. The summed E-state index contributed by atoms with van der Waals surface area (Å²) in [7, 11) is 0. The van der Waals surface area contributed by atoms with E-state index in [9.17, 15) is 23.9 Å². The summed E-state index contributed by atoms with van der Waals surface area (Å²) in [5, 5.41) is 10.8. The summed E-state index contributed by atoms with van der Waals surface area (Å²) in [6, 6.07) is -1.01. The van der Waals surface area contributed by atoms with Gasteiger partial charge >= 0.3 is 5.97 Å². The van der Waals surface area contributed by atoms with Crippen LogP contribution in [0.2, 0.25) is 0 Å². The van der Waals surface area contributed by atoms with Gasteiger partial charge in [-0.1, -0.05) is 19.9 Å². The minimum Gasteiger partial charge on any atom is -0.449 e.